The molecule has 0 aliphatic carbocycles. The molecule has 0 aliphatic rings. The van der Waals surface area contributed by atoms with Gasteiger partial charge in [-0.05, 0) is 40.1 Å². The highest BCUT2D eigenvalue weighted by molar-refractivity contribution is 5.99. The maximum atomic E-state index is 9.09. The Hall–Kier alpha value is -2.90. The number of hydrogen-bond acceptors (Lipinski definition) is 7. The maximum absolute atomic E-state index is 9.09. The van der Waals surface area contributed by atoms with Crippen LogP contribution in [0.2, 0.25) is 0 Å². The van der Waals surface area contributed by atoms with Crippen molar-refractivity contribution < 1.29 is 9.74 Å². The number of amidine groups is 1. The van der Waals surface area contributed by atoms with Crippen LogP contribution >= 0.6 is 0 Å². The minimum atomic E-state index is 0.00350. The average Bonchev–Trinajstić information content (AvgIpc) is 2.78. The highest BCUT2D eigenvalue weighted by Gasteiger charge is 2.09. The van der Waals surface area contributed by atoms with Crippen LogP contribution < -0.4 is 11.5 Å². The summed E-state index contributed by atoms with van der Waals surface area (Å²) in [5.41, 5.74) is 11.9. The van der Waals surface area contributed by atoms with Gasteiger partial charge in [-0.1, -0.05) is 0 Å². The predicted octanol–water partition coefficient (Wildman–Crippen LogP) is 0.0968. The van der Waals surface area contributed by atoms with E-state index in [2.05, 4.69) is 25.1 Å². The third-order valence-corrected chi connectivity index (χ3v) is 2.02. The molecule has 0 bridgehead atoms. The van der Waals surface area contributed by atoms with E-state index in [0.29, 0.717) is 0 Å². The smallest absolute Gasteiger partial charge is 0.199 e. The number of aromatic nitrogens is 2. The first-order chi connectivity index (χ1) is 8.66. The first-order valence-corrected chi connectivity index (χ1v) is 4.91. The zero-order valence-electron chi connectivity index (χ0n) is 9.19. The number of hydrogen-bond donors (Lipinski definition) is 3. The van der Waals surface area contributed by atoms with E-state index in [0.717, 1.165) is 5.56 Å². The molecule has 1 aromatic heterocycles. The van der Waals surface area contributed by atoms with Gasteiger partial charge in [0.05, 0.1) is 6.21 Å². The summed E-state index contributed by atoms with van der Waals surface area (Å²) in [6.45, 7) is 0. The minimum Gasteiger partial charge on any atom is -0.508 e. The molecule has 92 valence electrons. The lowest BCUT2D eigenvalue weighted by Gasteiger charge is -1.93. The van der Waals surface area contributed by atoms with Crippen molar-refractivity contribution in [3.63, 3.8) is 0 Å². The van der Waals surface area contributed by atoms with E-state index in [4.69, 9.17) is 16.6 Å². The zero-order chi connectivity index (χ0) is 13.0. The van der Waals surface area contributed by atoms with Gasteiger partial charge in [0.2, 0.25) is 0 Å². The van der Waals surface area contributed by atoms with Crippen LogP contribution in [-0.2, 0) is 0 Å². The molecule has 1 aromatic carbocycles. The Kier molecular flexibility index (Phi) is 3.19. The van der Waals surface area contributed by atoms with Gasteiger partial charge in [0.15, 0.2) is 17.3 Å². The number of aromatic hydroxyl groups is 1. The van der Waals surface area contributed by atoms with Crippen LogP contribution in [0.3, 0.4) is 0 Å². The van der Waals surface area contributed by atoms with Crippen LogP contribution in [-0.4, -0.2) is 27.5 Å². The Balaban J connectivity index is 2.11. The molecule has 0 fully saturated rings. The van der Waals surface area contributed by atoms with Gasteiger partial charge in [-0.2, -0.15) is 5.10 Å². The van der Waals surface area contributed by atoms with E-state index < -0.39 is 0 Å². The molecule has 0 spiro atoms. The second kappa shape index (κ2) is 4.95. The normalized spacial score (nSPS) is 12.1. The summed E-state index contributed by atoms with van der Waals surface area (Å²) in [7, 11) is 0. The van der Waals surface area contributed by atoms with Gasteiger partial charge in [0.25, 0.3) is 0 Å². The number of phenols is 1. The van der Waals surface area contributed by atoms with Gasteiger partial charge >= 0.3 is 0 Å². The highest BCUT2D eigenvalue weighted by atomic mass is 16.6. The summed E-state index contributed by atoms with van der Waals surface area (Å²) >= 11 is 0. The van der Waals surface area contributed by atoms with Gasteiger partial charge in [-0.3, -0.25) is 0 Å². The number of nitrogen functional groups attached to an aromatic ring is 1. The third kappa shape index (κ3) is 2.61. The van der Waals surface area contributed by atoms with Gasteiger partial charge < -0.3 is 16.6 Å². The van der Waals surface area contributed by atoms with Crippen LogP contribution in [0, 0.1) is 0 Å². The Morgan fingerprint density at radius 2 is 2.00 bits per heavy atom. The third-order valence-electron chi connectivity index (χ3n) is 2.02. The molecule has 8 nitrogen and oxygen atoms in total. The van der Waals surface area contributed by atoms with Crippen molar-refractivity contribution >= 4 is 17.9 Å². The van der Waals surface area contributed by atoms with Crippen molar-refractivity contribution in [3.8, 4) is 5.75 Å². The van der Waals surface area contributed by atoms with Crippen LogP contribution in [0.1, 0.15) is 11.3 Å². The van der Waals surface area contributed by atoms with E-state index in [9.17, 15) is 0 Å². The minimum absolute atomic E-state index is 0.00350. The fourth-order valence-corrected chi connectivity index (χ4v) is 1.14. The van der Waals surface area contributed by atoms with Crippen molar-refractivity contribution in [2.24, 2.45) is 15.9 Å². The van der Waals surface area contributed by atoms with E-state index >= 15 is 0 Å². The fourth-order valence-electron chi connectivity index (χ4n) is 1.14. The number of nitrogens with zero attached hydrogens (tertiary/aromatic N) is 4. The lowest BCUT2D eigenvalue weighted by Crippen LogP contribution is -2.15. The fraction of sp³-hybridized carbons (Fsp3) is 0. The molecule has 0 radical (unpaired) electrons. The highest BCUT2D eigenvalue weighted by Crippen LogP contribution is 2.08. The molecule has 5 N–H and O–H groups in total. The van der Waals surface area contributed by atoms with Crippen molar-refractivity contribution in [2.45, 2.75) is 0 Å². The van der Waals surface area contributed by atoms with Gasteiger partial charge in [0.1, 0.15) is 5.75 Å². The number of rotatable bonds is 3. The zero-order valence-corrected chi connectivity index (χ0v) is 9.19. The maximum Gasteiger partial charge on any atom is 0.199 e. The van der Waals surface area contributed by atoms with Gasteiger partial charge in [-0.25, -0.2) is 4.63 Å². The van der Waals surface area contributed by atoms with Crippen LogP contribution in [0.4, 0.5) is 5.82 Å². The molecule has 0 unspecified atom stereocenters. The molecule has 0 amide bonds. The van der Waals surface area contributed by atoms with Crippen LogP contribution in [0.15, 0.2) is 39.1 Å². The van der Waals surface area contributed by atoms with Crippen molar-refractivity contribution in [2.75, 3.05) is 5.73 Å². The molecule has 2 rings (SSSR count). The molecule has 0 saturated heterocycles. The standard InChI is InChI=1S/C10H10N6O2/c11-9(8-10(12)16-18-15-8)14-13-5-6-1-3-7(17)4-2-6/h1-5,17H,(H2,11,14)(H2,12,16)/b13-5+. The Bertz CT molecular complexity index is 587. The molecule has 8 heteroatoms. The molecular weight excluding hydrogens is 236 g/mol. The van der Waals surface area contributed by atoms with E-state index in [1.54, 1.807) is 12.1 Å². The topological polar surface area (TPSA) is 136 Å². The number of nitrogens with two attached hydrogens (primary N) is 2. The SMILES string of the molecule is NC(=N/N=C/c1ccc(O)cc1)c1nonc1N. The molecule has 1 heterocycles. The average molecular weight is 246 g/mol. The van der Waals surface area contributed by atoms with E-state index in [-0.39, 0.29) is 23.1 Å². The predicted molar refractivity (Wildman–Crippen MR) is 65.1 cm³/mol. The Labute approximate surface area is 102 Å². The molecular formula is C10H10N6O2. The molecule has 0 aliphatic heterocycles. The number of phenolic OH excluding ortho intramolecular Hbond substituents is 1. The van der Waals surface area contributed by atoms with Gasteiger partial charge in [-0.15, -0.1) is 5.10 Å². The molecule has 0 atom stereocenters. The second-order valence-electron chi connectivity index (χ2n) is 3.32. The van der Waals surface area contributed by atoms with Gasteiger partial charge in [0, 0.05) is 0 Å². The Morgan fingerprint density at radius 1 is 1.28 bits per heavy atom. The summed E-state index contributed by atoms with van der Waals surface area (Å²) in [4.78, 5) is 0. The van der Waals surface area contributed by atoms with Crippen molar-refractivity contribution in [1.29, 1.82) is 0 Å². The summed E-state index contributed by atoms with van der Waals surface area (Å²) < 4.78 is 4.38. The summed E-state index contributed by atoms with van der Waals surface area (Å²) in [5, 5.41) is 23.4. The molecule has 2 aromatic rings. The summed E-state index contributed by atoms with van der Waals surface area (Å²) in [6.07, 6.45) is 1.47. The monoisotopic (exact) mass is 246 g/mol. The van der Waals surface area contributed by atoms with E-state index in [1.807, 2.05) is 0 Å². The molecule has 18 heavy (non-hydrogen) atoms. The number of benzene rings is 1. The van der Waals surface area contributed by atoms with Crippen molar-refractivity contribution in [1.82, 2.24) is 10.3 Å². The first-order valence-electron chi connectivity index (χ1n) is 4.91. The second-order valence-corrected chi connectivity index (χ2v) is 3.32. The lowest BCUT2D eigenvalue weighted by molar-refractivity contribution is 0.308. The Morgan fingerprint density at radius 3 is 2.61 bits per heavy atom. The van der Waals surface area contributed by atoms with Crippen LogP contribution in [0.25, 0.3) is 0 Å². The lowest BCUT2D eigenvalue weighted by atomic mass is 10.2. The quantitative estimate of drug-likeness (QED) is 0.399. The molecule has 0 saturated carbocycles. The van der Waals surface area contributed by atoms with Crippen LogP contribution in [0.5, 0.6) is 5.75 Å². The van der Waals surface area contributed by atoms with Crippen molar-refractivity contribution in [3.05, 3.63) is 35.5 Å². The summed E-state index contributed by atoms with van der Waals surface area (Å²) in [5.74, 6) is 0.233. The first kappa shape index (κ1) is 11.6. The van der Waals surface area contributed by atoms with E-state index in [1.165, 1.54) is 18.3 Å². The summed E-state index contributed by atoms with van der Waals surface area (Å²) in [6, 6.07) is 6.43. The number of anilines is 1. The largest absolute Gasteiger partial charge is 0.508 e.